The zero-order chi connectivity index (χ0) is 11.3. The highest BCUT2D eigenvalue weighted by Crippen LogP contribution is 2.25. The molecule has 0 aliphatic heterocycles. The van der Waals surface area contributed by atoms with Gasteiger partial charge in [0, 0.05) is 24.8 Å². The van der Waals surface area contributed by atoms with Crippen LogP contribution in [0.5, 0.6) is 0 Å². The molecule has 82 valence electrons. The molecule has 1 aromatic rings. The second-order valence-corrected chi connectivity index (χ2v) is 3.58. The number of benzene rings is 1. The Balaban J connectivity index is 3.08. The van der Waals surface area contributed by atoms with Gasteiger partial charge in [0.2, 0.25) is 0 Å². The maximum absolute atomic E-state index is 5.93. The molecule has 0 fully saturated rings. The van der Waals surface area contributed by atoms with Crippen molar-refractivity contribution >= 4 is 11.6 Å². The van der Waals surface area contributed by atoms with Gasteiger partial charge in [-0.15, -0.1) is 6.58 Å². The van der Waals surface area contributed by atoms with Crippen LogP contribution in [-0.2, 0) is 15.9 Å². The van der Waals surface area contributed by atoms with E-state index in [0.29, 0.717) is 5.02 Å². The van der Waals surface area contributed by atoms with E-state index in [1.165, 1.54) is 0 Å². The maximum atomic E-state index is 5.93. The number of hydrogen-bond acceptors (Lipinski definition) is 2. The van der Waals surface area contributed by atoms with Crippen molar-refractivity contribution in [1.82, 2.24) is 0 Å². The molecule has 0 unspecified atom stereocenters. The topological polar surface area (TPSA) is 18.5 Å². The van der Waals surface area contributed by atoms with Crippen LogP contribution in [-0.4, -0.2) is 14.2 Å². The lowest BCUT2D eigenvalue weighted by atomic mass is 10.0. The molecule has 0 amide bonds. The molecule has 1 rings (SSSR count). The van der Waals surface area contributed by atoms with E-state index in [2.05, 4.69) is 6.58 Å². The smallest absolute Gasteiger partial charge is 0.183 e. The maximum Gasteiger partial charge on any atom is 0.183 e. The van der Waals surface area contributed by atoms with Crippen molar-refractivity contribution in [2.75, 3.05) is 14.2 Å². The zero-order valence-corrected chi connectivity index (χ0v) is 9.75. The fourth-order valence-electron chi connectivity index (χ4n) is 1.49. The highest BCUT2D eigenvalue weighted by Gasteiger charge is 2.13. The van der Waals surface area contributed by atoms with Crippen LogP contribution >= 0.6 is 11.6 Å². The van der Waals surface area contributed by atoms with Crippen LogP contribution in [0.15, 0.2) is 30.9 Å². The van der Waals surface area contributed by atoms with Crippen molar-refractivity contribution in [1.29, 1.82) is 0 Å². The first kappa shape index (κ1) is 12.2. The summed E-state index contributed by atoms with van der Waals surface area (Å²) in [7, 11) is 3.22. The van der Waals surface area contributed by atoms with E-state index in [1.54, 1.807) is 14.2 Å². The molecule has 0 aromatic heterocycles. The lowest BCUT2D eigenvalue weighted by Gasteiger charge is -2.17. The van der Waals surface area contributed by atoms with E-state index >= 15 is 0 Å². The van der Waals surface area contributed by atoms with E-state index in [-0.39, 0.29) is 6.29 Å². The summed E-state index contributed by atoms with van der Waals surface area (Å²) in [5, 5.41) is 0.710. The lowest BCUT2D eigenvalue weighted by molar-refractivity contribution is -0.106. The fraction of sp³-hybridized carbons (Fsp3) is 0.333. The largest absolute Gasteiger partial charge is 0.352 e. The molecule has 0 aliphatic rings. The van der Waals surface area contributed by atoms with E-state index in [1.807, 2.05) is 24.3 Å². The second-order valence-electron chi connectivity index (χ2n) is 3.14. The Bertz CT molecular complexity index is 332. The summed E-state index contributed by atoms with van der Waals surface area (Å²) in [5.74, 6) is 0. The fourth-order valence-corrected chi connectivity index (χ4v) is 1.68. The average molecular weight is 227 g/mol. The van der Waals surface area contributed by atoms with Crippen LogP contribution in [0.25, 0.3) is 0 Å². The van der Waals surface area contributed by atoms with Crippen molar-refractivity contribution < 1.29 is 9.47 Å². The summed E-state index contributed by atoms with van der Waals surface area (Å²) in [6, 6.07) is 5.65. The van der Waals surface area contributed by atoms with Gasteiger partial charge in [-0.1, -0.05) is 23.7 Å². The number of methoxy groups -OCH3 is 2. The van der Waals surface area contributed by atoms with Crippen molar-refractivity contribution in [3.05, 3.63) is 47.0 Å². The first-order valence-corrected chi connectivity index (χ1v) is 5.05. The van der Waals surface area contributed by atoms with Crippen molar-refractivity contribution in [3.8, 4) is 0 Å². The summed E-state index contributed by atoms with van der Waals surface area (Å²) in [6.07, 6.45) is 2.23. The Labute approximate surface area is 95.5 Å². The Morgan fingerprint density at radius 1 is 1.40 bits per heavy atom. The van der Waals surface area contributed by atoms with Gasteiger partial charge in [0.1, 0.15) is 0 Å². The molecule has 2 nitrogen and oxygen atoms in total. The Morgan fingerprint density at radius 2 is 2.07 bits per heavy atom. The molecule has 1 aromatic carbocycles. The molecule has 0 spiro atoms. The number of hydrogen-bond donors (Lipinski definition) is 0. The summed E-state index contributed by atoms with van der Waals surface area (Å²) >= 11 is 5.93. The molecule has 0 heterocycles. The van der Waals surface area contributed by atoms with Gasteiger partial charge in [0.25, 0.3) is 0 Å². The van der Waals surface area contributed by atoms with E-state index in [9.17, 15) is 0 Å². The van der Waals surface area contributed by atoms with Gasteiger partial charge in [-0.2, -0.15) is 0 Å². The summed E-state index contributed by atoms with van der Waals surface area (Å²) in [6.45, 7) is 3.71. The van der Waals surface area contributed by atoms with E-state index < -0.39 is 0 Å². The molecule has 15 heavy (non-hydrogen) atoms. The minimum Gasteiger partial charge on any atom is -0.352 e. The van der Waals surface area contributed by atoms with Crippen LogP contribution < -0.4 is 0 Å². The Kier molecular flexibility index (Phi) is 4.82. The molecule has 0 aliphatic carbocycles. The molecule has 0 atom stereocenters. The normalized spacial score (nSPS) is 10.7. The van der Waals surface area contributed by atoms with Crippen LogP contribution in [0.1, 0.15) is 17.4 Å². The monoisotopic (exact) mass is 226 g/mol. The third kappa shape index (κ3) is 3.06. The van der Waals surface area contributed by atoms with Crippen LogP contribution in [0.3, 0.4) is 0 Å². The van der Waals surface area contributed by atoms with Crippen LogP contribution in [0, 0.1) is 0 Å². The lowest BCUT2D eigenvalue weighted by Crippen LogP contribution is -2.06. The Morgan fingerprint density at radius 3 is 2.60 bits per heavy atom. The van der Waals surface area contributed by atoms with E-state index in [0.717, 1.165) is 17.5 Å². The molecule has 0 bridgehead atoms. The highest BCUT2D eigenvalue weighted by molar-refractivity contribution is 6.30. The van der Waals surface area contributed by atoms with Crippen LogP contribution in [0.2, 0.25) is 5.02 Å². The van der Waals surface area contributed by atoms with Gasteiger partial charge in [-0.3, -0.25) is 0 Å². The number of halogens is 1. The molecule has 3 heteroatoms. The van der Waals surface area contributed by atoms with Crippen LogP contribution in [0.4, 0.5) is 0 Å². The molecule has 0 saturated carbocycles. The quantitative estimate of drug-likeness (QED) is 0.566. The summed E-state index contributed by atoms with van der Waals surface area (Å²) in [4.78, 5) is 0. The standard InChI is InChI=1S/C12H15ClO2/c1-4-5-9-8-10(13)6-7-11(9)12(14-2)15-3/h4,6-8,12H,1,5H2,2-3H3. The number of ether oxygens (including phenoxy) is 2. The third-order valence-electron chi connectivity index (χ3n) is 2.15. The van der Waals surface area contributed by atoms with E-state index in [4.69, 9.17) is 21.1 Å². The molecular formula is C12H15ClO2. The number of rotatable bonds is 5. The summed E-state index contributed by atoms with van der Waals surface area (Å²) in [5.41, 5.74) is 2.07. The first-order valence-electron chi connectivity index (χ1n) is 4.67. The molecule has 0 N–H and O–H groups in total. The third-order valence-corrected chi connectivity index (χ3v) is 2.39. The predicted octanol–water partition coefficient (Wildman–Crippen LogP) is 3.36. The predicted molar refractivity (Wildman–Crippen MR) is 62.1 cm³/mol. The average Bonchev–Trinajstić information content (AvgIpc) is 2.23. The molecular weight excluding hydrogens is 212 g/mol. The van der Waals surface area contributed by atoms with Gasteiger partial charge in [0.05, 0.1) is 0 Å². The second kappa shape index (κ2) is 5.91. The minimum atomic E-state index is -0.350. The number of allylic oxidation sites excluding steroid dienone is 1. The van der Waals surface area contributed by atoms with Gasteiger partial charge in [-0.25, -0.2) is 0 Å². The van der Waals surface area contributed by atoms with Crippen molar-refractivity contribution in [2.45, 2.75) is 12.7 Å². The van der Waals surface area contributed by atoms with Gasteiger partial charge < -0.3 is 9.47 Å². The minimum absolute atomic E-state index is 0.350. The van der Waals surface area contributed by atoms with Gasteiger partial charge >= 0.3 is 0 Å². The summed E-state index contributed by atoms with van der Waals surface area (Å²) < 4.78 is 10.4. The van der Waals surface area contributed by atoms with Gasteiger partial charge in [0.15, 0.2) is 6.29 Å². The zero-order valence-electron chi connectivity index (χ0n) is 9.00. The van der Waals surface area contributed by atoms with Crippen molar-refractivity contribution in [2.24, 2.45) is 0 Å². The molecule has 0 saturated heterocycles. The Hall–Kier alpha value is -0.830. The highest BCUT2D eigenvalue weighted by atomic mass is 35.5. The SMILES string of the molecule is C=CCc1cc(Cl)ccc1C(OC)OC. The first-order chi connectivity index (χ1) is 7.22. The molecule has 0 radical (unpaired) electrons. The van der Waals surface area contributed by atoms with Crippen molar-refractivity contribution in [3.63, 3.8) is 0 Å². The van der Waals surface area contributed by atoms with Gasteiger partial charge in [-0.05, 0) is 24.1 Å².